The molecule has 2 aromatic heterocycles. The van der Waals surface area contributed by atoms with Crippen LogP contribution in [0.5, 0.6) is 6.01 Å². The molecule has 8 rings (SSSR count). The standard InChI is InChI=1S/C35H42F2N6O3/c1-34(2,3)46-33(44)43-23-11-12-24(43)19-41(18-23)31-27-16-38-29(26-8-5-4-7-25(26)21-9-10-21)28(37)30(27)39-32(40-31)45-20-35-13-6-14-42(35)17-22(36)15-35/h4-5,7-8,16,21-24H,6,9-15,17-20H2,1-3H3/t22?,23-,24+,35?. The maximum absolute atomic E-state index is 16.7. The molecule has 4 saturated heterocycles. The number of halogens is 2. The molecule has 9 nitrogen and oxygen atoms in total. The van der Waals surface area contributed by atoms with Crippen LogP contribution in [0.1, 0.15) is 77.2 Å². The van der Waals surface area contributed by atoms with E-state index in [1.165, 1.54) is 0 Å². The molecule has 46 heavy (non-hydrogen) atoms. The van der Waals surface area contributed by atoms with Gasteiger partial charge >= 0.3 is 12.1 Å². The third-order valence-electron chi connectivity index (χ3n) is 10.5. The summed E-state index contributed by atoms with van der Waals surface area (Å²) in [6.07, 6.45) is 6.65. The maximum Gasteiger partial charge on any atom is 0.410 e. The molecule has 4 aliphatic heterocycles. The molecule has 3 aromatic rings. The molecule has 1 saturated carbocycles. The molecule has 11 heteroatoms. The van der Waals surface area contributed by atoms with Gasteiger partial charge in [0, 0.05) is 37.8 Å². The molecule has 5 fully saturated rings. The Kier molecular flexibility index (Phi) is 7.12. The van der Waals surface area contributed by atoms with Crippen molar-refractivity contribution in [3.05, 3.63) is 41.8 Å². The van der Waals surface area contributed by atoms with Crippen molar-refractivity contribution < 1.29 is 23.0 Å². The van der Waals surface area contributed by atoms with Crippen molar-refractivity contribution >= 4 is 22.8 Å². The Bertz CT molecular complexity index is 1660. The number of carbonyl (C=O) groups is 1. The highest BCUT2D eigenvalue weighted by molar-refractivity contribution is 5.92. The van der Waals surface area contributed by atoms with Crippen LogP contribution in [0.3, 0.4) is 0 Å². The number of ether oxygens (including phenoxy) is 2. The van der Waals surface area contributed by atoms with Crippen molar-refractivity contribution in [2.24, 2.45) is 0 Å². The van der Waals surface area contributed by atoms with E-state index in [2.05, 4.69) is 25.8 Å². The number of piperazine rings is 1. The Morgan fingerprint density at radius 1 is 1.07 bits per heavy atom. The van der Waals surface area contributed by atoms with E-state index in [0.717, 1.165) is 56.2 Å². The first-order chi connectivity index (χ1) is 22.1. The zero-order valence-corrected chi connectivity index (χ0v) is 26.8. The van der Waals surface area contributed by atoms with Gasteiger partial charge in [0.2, 0.25) is 0 Å². The number of amides is 1. The summed E-state index contributed by atoms with van der Waals surface area (Å²) in [6, 6.07) is 7.86. The van der Waals surface area contributed by atoms with E-state index in [0.29, 0.717) is 43.2 Å². The molecule has 1 aliphatic carbocycles. The lowest BCUT2D eigenvalue weighted by Gasteiger charge is -2.42. The minimum atomic E-state index is -0.883. The van der Waals surface area contributed by atoms with Crippen molar-refractivity contribution in [1.29, 1.82) is 0 Å². The molecule has 1 aromatic carbocycles. The lowest BCUT2D eigenvalue weighted by atomic mass is 9.95. The van der Waals surface area contributed by atoms with Gasteiger partial charge in [0.05, 0.1) is 23.0 Å². The van der Waals surface area contributed by atoms with Gasteiger partial charge in [-0.3, -0.25) is 14.8 Å². The fraction of sp³-hybridized carbons (Fsp3) is 0.600. The van der Waals surface area contributed by atoms with E-state index in [-0.39, 0.29) is 47.5 Å². The monoisotopic (exact) mass is 632 g/mol. The Hall–Kier alpha value is -3.60. The summed E-state index contributed by atoms with van der Waals surface area (Å²) < 4.78 is 43.3. The fourth-order valence-corrected chi connectivity index (χ4v) is 8.31. The molecule has 2 bridgehead atoms. The SMILES string of the molecule is CC(C)(C)OC(=O)N1[C@@H]2CC[C@H]1CN(c1nc(OCC34CCCN3CC(F)C4)nc3c(F)c(-c4ccccc4C4CC4)ncc13)C2. The second-order valence-corrected chi connectivity index (χ2v) is 14.9. The summed E-state index contributed by atoms with van der Waals surface area (Å²) in [4.78, 5) is 33.5. The number of hydrogen-bond donors (Lipinski definition) is 0. The van der Waals surface area contributed by atoms with Crippen LogP contribution in [0.2, 0.25) is 0 Å². The summed E-state index contributed by atoms with van der Waals surface area (Å²) in [5, 5.41) is 0.507. The van der Waals surface area contributed by atoms with Crippen LogP contribution in [0.15, 0.2) is 30.5 Å². The van der Waals surface area contributed by atoms with Crippen molar-refractivity contribution in [2.45, 2.75) is 101 Å². The zero-order valence-electron chi connectivity index (χ0n) is 26.8. The van der Waals surface area contributed by atoms with E-state index in [4.69, 9.17) is 14.5 Å². The molecule has 244 valence electrons. The average molecular weight is 633 g/mol. The first kappa shape index (κ1) is 29.8. The number of pyridine rings is 1. The molecule has 2 unspecified atom stereocenters. The number of benzene rings is 1. The minimum absolute atomic E-state index is 0.0589. The predicted octanol–water partition coefficient (Wildman–Crippen LogP) is 6.25. The van der Waals surface area contributed by atoms with Gasteiger partial charge < -0.3 is 14.4 Å². The summed E-state index contributed by atoms with van der Waals surface area (Å²) in [5.41, 5.74) is 1.36. The normalized spacial score (nSPS) is 27.8. The Labute approximate surface area is 268 Å². The highest BCUT2D eigenvalue weighted by Crippen LogP contribution is 2.45. The van der Waals surface area contributed by atoms with E-state index >= 15 is 4.39 Å². The van der Waals surface area contributed by atoms with Gasteiger partial charge in [0.25, 0.3) is 0 Å². The van der Waals surface area contributed by atoms with Crippen molar-refractivity contribution in [3.63, 3.8) is 0 Å². The van der Waals surface area contributed by atoms with E-state index in [9.17, 15) is 9.18 Å². The molecule has 0 radical (unpaired) electrons. The lowest BCUT2D eigenvalue weighted by molar-refractivity contribution is 0.0122. The number of nitrogens with zero attached hydrogens (tertiary/aromatic N) is 6. The van der Waals surface area contributed by atoms with Crippen molar-refractivity contribution in [2.75, 3.05) is 37.7 Å². The molecular formula is C35H42F2N6O3. The van der Waals surface area contributed by atoms with Gasteiger partial charge in [-0.2, -0.15) is 9.97 Å². The number of carbonyl (C=O) groups excluding carboxylic acids is 1. The number of aromatic nitrogens is 3. The molecule has 0 spiro atoms. The van der Waals surface area contributed by atoms with E-state index < -0.39 is 17.6 Å². The van der Waals surface area contributed by atoms with E-state index in [1.54, 1.807) is 6.20 Å². The van der Waals surface area contributed by atoms with Gasteiger partial charge in [0.15, 0.2) is 5.82 Å². The van der Waals surface area contributed by atoms with Crippen molar-refractivity contribution in [3.8, 4) is 17.3 Å². The smallest absolute Gasteiger partial charge is 0.410 e. The second kappa shape index (κ2) is 11.0. The van der Waals surface area contributed by atoms with Crippen LogP contribution in [0.25, 0.3) is 22.2 Å². The van der Waals surface area contributed by atoms with Gasteiger partial charge in [-0.1, -0.05) is 24.3 Å². The zero-order chi connectivity index (χ0) is 31.8. The average Bonchev–Trinajstić information content (AvgIpc) is 3.64. The molecule has 5 aliphatic rings. The van der Waals surface area contributed by atoms with Gasteiger partial charge in [-0.25, -0.2) is 13.6 Å². The van der Waals surface area contributed by atoms with Crippen molar-refractivity contribution in [1.82, 2.24) is 24.8 Å². The Morgan fingerprint density at radius 3 is 2.57 bits per heavy atom. The second-order valence-electron chi connectivity index (χ2n) is 14.9. The topological polar surface area (TPSA) is 83.9 Å². The molecule has 4 atom stereocenters. The fourth-order valence-electron chi connectivity index (χ4n) is 8.31. The van der Waals surface area contributed by atoms with Crippen LogP contribution < -0.4 is 9.64 Å². The van der Waals surface area contributed by atoms with Crippen LogP contribution in [0, 0.1) is 5.82 Å². The quantitative estimate of drug-likeness (QED) is 0.315. The first-order valence-electron chi connectivity index (χ1n) is 16.8. The number of rotatable bonds is 6. The lowest BCUT2D eigenvalue weighted by Crippen LogP contribution is -2.57. The van der Waals surface area contributed by atoms with Crippen LogP contribution in [-0.2, 0) is 4.74 Å². The van der Waals surface area contributed by atoms with Gasteiger partial charge in [-0.15, -0.1) is 0 Å². The number of fused-ring (bicyclic) bond motifs is 4. The highest BCUT2D eigenvalue weighted by atomic mass is 19.1. The van der Waals surface area contributed by atoms with Crippen LogP contribution in [0.4, 0.5) is 19.4 Å². The number of hydrogen-bond acceptors (Lipinski definition) is 8. The van der Waals surface area contributed by atoms with E-state index in [1.807, 2.05) is 43.9 Å². The van der Waals surface area contributed by atoms with Crippen LogP contribution >= 0.6 is 0 Å². The largest absolute Gasteiger partial charge is 0.461 e. The summed E-state index contributed by atoms with van der Waals surface area (Å²) >= 11 is 0. The highest BCUT2D eigenvalue weighted by Gasteiger charge is 2.50. The van der Waals surface area contributed by atoms with Crippen LogP contribution in [-0.4, -0.2) is 93.0 Å². The minimum Gasteiger partial charge on any atom is -0.461 e. The third kappa shape index (κ3) is 5.24. The third-order valence-corrected chi connectivity index (χ3v) is 10.5. The molecule has 6 heterocycles. The first-order valence-corrected chi connectivity index (χ1v) is 16.8. The Morgan fingerprint density at radius 2 is 1.83 bits per heavy atom. The number of alkyl halides is 1. The predicted molar refractivity (Wildman–Crippen MR) is 170 cm³/mol. The summed E-state index contributed by atoms with van der Waals surface area (Å²) in [7, 11) is 0. The van der Waals surface area contributed by atoms with Gasteiger partial charge in [0.1, 0.15) is 35.4 Å². The molecular weight excluding hydrogens is 590 g/mol. The summed E-state index contributed by atoms with van der Waals surface area (Å²) in [6.45, 7) is 8.19. The Balaban J connectivity index is 1.17. The summed E-state index contributed by atoms with van der Waals surface area (Å²) in [5.74, 6) is 0.466. The molecule has 0 N–H and O–H groups in total. The maximum atomic E-state index is 16.7. The molecule has 1 amide bonds. The van der Waals surface area contributed by atoms with Gasteiger partial charge in [-0.05, 0) is 77.3 Å². The number of anilines is 1.